The number of carbonyl (C=O) groups excluding carboxylic acids is 1. The monoisotopic (exact) mass is 249 g/mol. The fourth-order valence-electron chi connectivity index (χ4n) is 1.91. The van der Waals surface area contributed by atoms with Gasteiger partial charge >= 0.3 is 5.97 Å². The Hall–Kier alpha value is -1.35. The van der Waals surface area contributed by atoms with Gasteiger partial charge in [0.1, 0.15) is 0 Å². The summed E-state index contributed by atoms with van der Waals surface area (Å²) >= 11 is 0. The lowest BCUT2D eigenvalue weighted by Crippen LogP contribution is -2.20. The second kappa shape index (κ2) is 7.88. The zero-order valence-corrected chi connectivity index (χ0v) is 11.6. The minimum atomic E-state index is -0.182. The van der Waals surface area contributed by atoms with Gasteiger partial charge in [-0.1, -0.05) is 37.6 Å². The second-order valence-corrected chi connectivity index (χ2v) is 4.61. The third kappa shape index (κ3) is 4.88. The molecule has 0 heterocycles. The summed E-state index contributed by atoms with van der Waals surface area (Å²) in [6.07, 6.45) is 2.76. The molecule has 0 aromatic heterocycles. The molecule has 18 heavy (non-hydrogen) atoms. The number of esters is 1. The highest BCUT2D eigenvalue weighted by atomic mass is 16.5. The summed E-state index contributed by atoms with van der Waals surface area (Å²) in [5.74, 6) is -0.182. The second-order valence-electron chi connectivity index (χ2n) is 4.61. The van der Waals surface area contributed by atoms with Crippen molar-refractivity contribution in [2.75, 3.05) is 20.7 Å². The van der Waals surface area contributed by atoms with Gasteiger partial charge in [0, 0.05) is 6.54 Å². The summed E-state index contributed by atoms with van der Waals surface area (Å²) in [6, 6.07) is 8.07. The summed E-state index contributed by atoms with van der Waals surface area (Å²) in [6.45, 7) is 4.16. The Morgan fingerprint density at radius 1 is 1.28 bits per heavy atom. The molecule has 0 spiro atoms. The largest absolute Gasteiger partial charge is 0.469 e. The van der Waals surface area contributed by atoms with E-state index in [-0.39, 0.29) is 5.97 Å². The maximum atomic E-state index is 11.4. The summed E-state index contributed by atoms with van der Waals surface area (Å²) in [4.78, 5) is 13.6. The van der Waals surface area contributed by atoms with Crippen LogP contribution in [0.2, 0.25) is 0 Å². The van der Waals surface area contributed by atoms with E-state index >= 15 is 0 Å². The molecule has 0 saturated heterocycles. The highest BCUT2D eigenvalue weighted by Gasteiger charge is 2.09. The van der Waals surface area contributed by atoms with Crippen molar-refractivity contribution in [2.24, 2.45) is 0 Å². The van der Waals surface area contributed by atoms with Crippen molar-refractivity contribution >= 4 is 5.97 Å². The summed E-state index contributed by atoms with van der Waals surface area (Å²) in [5, 5.41) is 0. The third-order valence-electron chi connectivity index (χ3n) is 3.01. The smallest absolute Gasteiger partial charge is 0.309 e. The maximum absolute atomic E-state index is 11.4. The quantitative estimate of drug-likeness (QED) is 0.696. The molecular weight excluding hydrogens is 226 g/mol. The normalized spacial score (nSPS) is 10.7. The number of unbranched alkanes of at least 4 members (excludes halogenated alkanes) is 1. The van der Waals surface area contributed by atoms with Crippen LogP contribution in [0.5, 0.6) is 0 Å². The number of ether oxygens (including phenoxy) is 1. The molecule has 1 aromatic rings. The molecule has 0 amide bonds. The molecule has 0 aliphatic heterocycles. The van der Waals surface area contributed by atoms with Gasteiger partial charge in [-0.3, -0.25) is 4.79 Å². The molecular formula is C15H23NO2. The van der Waals surface area contributed by atoms with Crippen LogP contribution >= 0.6 is 0 Å². The van der Waals surface area contributed by atoms with Gasteiger partial charge in [-0.05, 0) is 31.1 Å². The van der Waals surface area contributed by atoms with Crippen LogP contribution < -0.4 is 0 Å². The average Bonchev–Trinajstić information content (AvgIpc) is 2.38. The molecule has 0 saturated carbocycles. The van der Waals surface area contributed by atoms with Gasteiger partial charge in [0.25, 0.3) is 0 Å². The van der Waals surface area contributed by atoms with E-state index in [1.54, 1.807) is 0 Å². The van der Waals surface area contributed by atoms with E-state index in [2.05, 4.69) is 24.9 Å². The van der Waals surface area contributed by atoms with Gasteiger partial charge in [-0.15, -0.1) is 0 Å². The Kier molecular flexibility index (Phi) is 6.44. The first kappa shape index (κ1) is 14.7. The number of nitrogens with zero attached hydrogens (tertiary/aromatic N) is 1. The molecule has 0 aliphatic rings. The molecule has 0 atom stereocenters. The lowest BCUT2D eigenvalue weighted by atomic mass is 10.0. The van der Waals surface area contributed by atoms with Gasteiger partial charge in [-0.2, -0.15) is 0 Å². The number of methoxy groups -OCH3 is 1. The molecule has 1 aromatic carbocycles. The van der Waals surface area contributed by atoms with Crippen molar-refractivity contribution in [3.63, 3.8) is 0 Å². The number of carbonyl (C=O) groups is 1. The first-order valence-corrected chi connectivity index (χ1v) is 6.49. The Labute approximate surface area is 110 Å². The average molecular weight is 249 g/mol. The van der Waals surface area contributed by atoms with E-state index in [0.717, 1.165) is 18.7 Å². The fraction of sp³-hybridized carbons (Fsp3) is 0.533. The van der Waals surface area contributed by atoms with Crippen LogP contribution in [-0.4, -0.2) is 31.6 Å². The van der Waals surface area contributed by atoms with Crippen molar-refractivity contribution in [3.05, 3.63) is 35.4 Å². The van der Waals surface area contributed by atoms with Crippen LogP contribution in [0, 0.1) is 0 Å². The number of hydrogen-bond donors (Lipinski definition) is 0. The molecule has 0 unspecified atom stereocenters. The first-order chi connectivity index (χ1) is 8.67. The predicted octanol–water partition coefficient (Wildman–Crippen LogP) is 2.63. The van der Waals surface area contributed by atoms with Crippen LogP contribution in [0.4, 0.5) is 0 Å². The maximum Gasteiger partial charge on any atom is 0.309 e. The number of benzene rings is 1. The lowest BCUT2D eigenvalue weighted by Gasteiger charge is -2.18. The standard InChI is InChI=1S/C15H23NO2/c1-4-5-10-16(2)12-14-9-7-6-8-13(14)11-15(17)18-3/h6-9H,4-5,10-12H2,1-3H3. The van der Waals surface area contributed by atoms with E-state index in [1.165, 1.54) is 25.5 Å². The molecule has 100 valence electrons. The summed E-state index contributed by atoms with van der Waals surface area (Å²) < 4.78 is 4.73. The van der Waals surface area contributed by atoms with Crippen LogP contribution in [0.15, 0.2) is 24.3 Å². The van der Waals surface area contributed by atoms with Gasteiger partial charge in [0.05, 0.1) is 13.5 Å². The van der Waals surface area contributed by atoms with Gasteiger partial charge < -0.3 is 9.64 Å². The van der Waals surface area contributed by atoms with Crippen molar-refractivity contribution in [1.82, 2.24) is 4.90 Å². The topological polar surface area (TPSA) is 29.5 Å². The van der Waals surface area contributed by atoms with E-state index in [0.29, 0.717) is 6.42 Å². The first-order valence-electron chi connectivity index (χ1n) is 6.49. The molecule has 1 rings (SSSR count). The van der Waals surface area contributed by atoms with Gasteiger partial charge in [0.2, 0.25) is 0 Å². The molecule has 0 radical (unpaired) electrons. The highest BCUT2D eigenvalue weighted by Crippen LogP contribution is 2.12. The molecule has 0 bridgehead atoms. The van der Waals surface area contributed by atoms with Crippen LogP contribution in [0.1, 0.15) is 30.9 Å². The number of hydrogen-bond acceptors (Lipinski definition) is 3. The third-order valence-corrected chi connectivity index (χ3v) is 3.01. The highest BCUT2D eigenvalue weighted by molar-refractivity contribution is 5.72. The Balaban J connectivity index is 2.66. The lowest BCUT2D eigenvalue weighted by molar-refractivity contribution is -0.139. The van der Waals surface area contributed by atoms with Crippen LogP contribution in [0.25, 0.3) is 0 Å². The Morgan fingerprint density at radius 2 is 1.94 bits per heavy atom. The van der Waals surface area contributed by atoms with Crippen molar-refractivity contribution < 1.29 is 9.53 Å². The van der Waals surface area contributed by atoms with Crippen molar-refractivity contribution in [1.29, 1.82) is 0 Å². The van der Waals surface area contributed by atoms with Crippen LogP contribution in [-0.2, 0) is 22.5 Å². The molecule has 0 fully saturated rings. The fourth-order valence-corrected chi connectivity index (χ4v) is 1.91. The Bertz CT molecular complexity index is 377. The summed E-state index contributed by atoms with van der Waals surface area (Å²) in [7, 11) is 3.54. The van der Waals surface area contributed by atoms with E-state index in [4.69, 9.17) is 4.74 Å². The minimum Gasteiger partial charge on any atom is -0.469 e. The molecule has 0 aliphatic carbocycles. The van der Waals surface area contributed by atoms with E-state index in [9.17, 15) is 4.79 Å². The molecule has 3 heteroatoms. The summed E-state index contributed by atoms with van der Waals surface area (Å²) in [5.41, 5.74) is 2.27. The number of rotatable bonds is 7. The van der Waals surface area contributed by atoms with E-state index in [1.807, 2.05) is 18.2 Å². The molecule has 3 nitrogen and oxygen atoms in total. The van der Waals surface area contributed by atoms with Gasteiger partial charge in [-0.25, -0.2) is 0 Å². The zero-order chi connectivity index (χ0) is 13.4. The zero-order valence-electron chi connectivity index (χ0n) is 11.6. The van der Waals surface area contributed by atoms with E-state index < -0.39 is 0 Å². The SMILES string of the molecule is CCCCN(C)Cc1ccccc1CC(=O)OC. The molecule has 0 N–H and O–H groups in total. The predicted molar refractivity (Wildman–Crippen MR) is 73.4 cm³/mol. The van der Waals surface area contributed by atoms with Crippen LogP contribution in [0.3, 0.4) is 0 Å². The Morgan fingerprint density at radius 3 is 2.56 bits per heavy atom. The minimum absolute atomic E-state index is 0.182. The van der Waals surface area contributed by atoms with Gasteiger partial charge in [0.15, 0.2) is 0 Å². The van der Waals surface area contributed by atoms with Crippen molar-refractivity contribution in [3.8, 4) is 0 Å². The van der Waals surface area contributed by atoms with Crippen molar-refractivity contribution in [2.45, 2.75) is 32.7 Å².